The number of carbonyl (C=O) groups excluding carboxylic acids is 1. The molecule has 160 valence electrons. The molecule has 0 aliphatic heterocycles. The number of rotatable bonds is 13. The van der Waals surface area contributed by atoms with Gasteiger partial charge in [-0.15, -0.1) is 0 Å². The van der Waals surface area contributed by atoms with E-state index in [0.717, 1.165) is 32.1 Å². The Balaban J connectivity index is 4.46. The molecule has 0 aromatic carbocycles. The van der Waals surface area contributed by atoms with E-state index in [9.17, 15) is 30.0 Å². The number of carboxylic acid groups (broad SMARTS) is 1. The maximum absolute atomic E-state index is 11.7. The number of unbranched alkanes of at least 4 members (excludes halogenated alkanes) is 4. The van der Waals surface area contributed by atoms with E-state index in [1.54, 1.807) is 20.8 Å². The number of hydrogen-bond donors (Lipinski definition) is 5. The van der Waals surface area contributed by atoms with Crippen LogP contribution in [0.3, 0.4) is 0 Å². The first kappa shape index (κ1) is 25.6. The van der Waals surface area contributed by atoms with Gasteiger partial charge in [0.1, 0.15) is 23.9 Å². The van der Waals surface area contributed by atoms with Crippen LogP contribution in [0, 0.1) is 0 Å². The molecular weight excluding hydrogens is 358 g/mol. The van der Waals surface area contributed by atoms with Crippen molar-refractivity contribution in [3.63, 3.8) is 0 Å². The predicted octanol–water partition coefficient (Wildman–Crippen LogP) is 1.03. The molecule has 27 heavy (non-hydrogen) atoms. The quantitative estimate of drug-likeness (QED) is 0.292. The summed E-state index contributed by atoms with van der Waals surface area (Å²) in [4.78, 5) is 23.0. The fraction of sp³-hybridized carbons (Fsp3) is 0.889. The van der Waals surface area contributed by atoms with E-state index >= 15 is 0 Å². The third kappa shape index (κ3) is 11.8. The summed E-state index contributed by atoms with van der Waals surface area (Å²) in [6.45, 7) is 7.03. The van der Waals surface area contributed by atoms with Gasteiger partial charge in [-0.1, -0.05) is 32.6 Å². The van der Waals surface area contributed by atoms with Crippen molar-refractivity contribution in [2.45, 2.75) is 89.8 Å². The number of nitrogens with one attached hydrogen (secondary N) is 1. The van der Waals surface area contributed by atoms with Crippen LogP contribution >= 0.6 is 0 Å². The van der Waals surface area contributed by atoms with E-state index in [-0.39, 0.29) is 6.61 Å². The van der Waals surface area contributed by atoms with Gasteiger partial charge in [0, 0.05) is 6.61 Å². The first-order valence-corrected chi connectivity index (χ1v) is 9.33. The highest BCUT2D eigenvalue weighted by atomic mass is 16.6. The Hall–Kier alpha value is -1.42. The van der Waals surface area contributed by atoms with Crippen LogP contribution in [0.2, 0.25) is 0 Å². The highest BCUT2D eigenvalue weighted by Gasteiger charge is 2.37. The number of alkyl carbamates (subject to hydrolysis) is 1. The van der Waals surface area contributed by atoms with E-state index in [2.05, 4.69) is 6.92 Å². The summed E-state index contributed by atoms with van der Waals surface area (Å²) in [5.74, 6) is -1.57. The van der Waals surface area contributed by atoms with Crippen LogP contribution in [-0.4, -0.2) is 75.7 Å². The maximum Gasteiger partial charge on any atom is 0.408 e. The van der Waals surface area contributed by atoms with Crippen molar-refractivity contribution in [3.05, 3.63) is 0 Å². The van der Waals surface area contributed by atoms with E-state index < -0.39 is 42.0 Å². The summed E-state index contributed by atoms with van der Waals surface area (Å²) in [7, 11) is 0. The monoisotopic (exact) mass is 393 g/mol. The number of ether oxygens (including phenoxy) is 2. The Morgan fingerprint density at radius 3 is 2.11 bits per heavy atom. The lowest BCUT2D eigenvalue weighted by atomic mass is 10.0. The molecule has 1 amide bonds. The lowest BCUT2D eigenvalue weighted by Gasteiger charge is -2.28. The van der Waals surface area contributed by atoms with Gasteiger partial charge in [-0.25, -0.2) is 9.59 Å². The second kappa shape index (κ2) is 12.9. The summed E-state index contributed by atoms with van der Waals surface area (Å²) >= 11 is 0. The van der Waals surface area contributed by atoms with Gasteiger partial charge in [0.25, 0.3) is 0 Å². The van der Waals surface area contributed by atoms with Gasteiger partial charge in [0.15, 0.2) is 6.04 Å². The Kier molecular flexibility index (Phi) is 12.2. The lowest BCUT2D eigenvalue weighted by Crippen LogP contribution is -2.56. The fourth-order valence-corrected chi connectivity index (χ4v) is 2.26. The second-order valence-corrected chi connectivity index (χ2v) is 7.50. The van der Waals surface area contributed by atoms with Gasteiger partial charge in [0.05, 0.1) is 6.61 Å². The van der Waals surface area contributed by atoms with Crippen LogP contribution < -0.4 is 5.32 Å². The zero-order valence-corrected chi connectivity index (χ0v) is 16.7. The molecule has 4 atom stereocenters. The molecule has 4 unspecified atom stereocenters. The van der Waals surface area contributed by atoms with Crippen LogP contribution in [0.4, 0.5) is 4.79 Å². The minimum Gasteiger partial charge on any atom is -0.480 e. The van der Waals surface area contributed by atoms with Crippen molar-refractivity contribution in [2.75, 3.05) is 13.2 Å². The topological polar surface area (TPSA) is 146 Å². The van der Waals surface area contributed by atoms with Gasteiger partial charge in [-0.2, -0.15) is 0 Å². The fourth-order valence-electron chi connectivity index (χ4n) is 2.26. The molecule has 0 bridgehead atoms. The van der Waals surface area contributed by atoms with E-state index in [0.29, 0.717) is 6.61 Å². The van der Waals surface area contributed by atoms with Gasteiger partial charge >= 0.3 is 12.1 Å². The van der Waals surface area contributed by atoms with Crippen molar-refractivity contribution in [3.8, 4) is 0 Å². The number of aliphatic hydroxyl groups is 3. The smallest absolute Gasteiger partial charge is 0.408 e. The van der Waals surface area contributed by atoms with Crippen LogP contribution in [0.15, 0.2) is 0 Å². The summed E-state index contributed by atoms with van der Waals surface area (Å²) in [5.41, 5.74) is -0.860. The van der Waals surface area contributed by atoms with Gasteiger partial charge in [-0.05, 0) is 27.2 Å². The SMILES string of the molecule is CCCCCCCOCC(O)C(O)C(O)C(NC(=O)OC(C)(C)C)C(=O)O. The Morgan fingerprint density at radius 2 is 1.59 bits per heavy atom. The summed E-state index contributed by atoms with van der Waals surface area (Å²) < 4.78 is 10.2. The van der Waals surface area contributed by atoms with Gasteiger partial charge in [-0.3, -0.25) is 0 Å². The molecule has 0 rings (SSSR count). The average molecular weight is 393 g/mol. The predicted molar refractivity (Wildman–Crippen MR) is 98.4 cm³/mol. The number of carbonyl (C=O) groups is 2. The third-order valence-electron chi connectivity index (χ3n) is 3.70. The molecule has 9 nitrogen and oxygen atoms in total. The molecular formula is C18H35NO8. The van der Waals surface area contributed by atoms with Crippen molar-refractivity contribution >= 4 is 12.1 Å². The molecule has 5 N–H and O–H groups in total. The number of aliphatic hydroxyl groups excluding tert-OH is 3. The molecule has 0 radical (unpaired) electrons. The first-order chi connectivity index (χ1) is 12.5. The van der Waals surface area contributed by atoms with Crippen LogP contribution in [0.1, 0.15) is 59.8 Å². The molecule has 0 saturated carbocycles. The molecule has 0 fully saturated rings. The summed E-state index contributed by atoms with van der Waals surface area (Å²) in [6.07, 6.45) is -1.14. The normalized spacial score (nSPS) is 16.3. The second-order valence-electron chi connectivity index (χ2n) is 7.50. The van der Waals surface area contributed by atoms with Crippen molar-refractivity contribution in [1.29, 1.82) is 0 Å². The van der Waals surface area contributed by atoms with Crippen molar-refractivity contribution < 1.29 is 39.5 Å². The number of hydrogen-bond acceptors (Lipinski definition) is 7. The van der Waals surface area contributed by atoms with Crippen LogP contribution in [0.25, 0.3) is 0 Å². The Morgan fingerprint density at radius 1 is 1.00 bits per heavy atom. The minimum atomic E-state index is -1.95. The number of amides is 1. The molecule has 0 aromatic rings. The van der Waals surface area contributed by atoms with E-state index in [4.69, 9.17) is 9.47 Å². The van der Waals surface area contributed by atoms with Crippen LogP contribution in [-0.2, 0) is 14.3 Å². The molecule has 0 aromatic heterocycles. The standard InChI is InChI=1S/C18H35NO8/c1-5-6-7-8-9-10-26-11-12(20)14(21)15(22)13(16(23)24)19-17(25)27-18(2,3)4/h12-15,20-22H,5-11H2,1-4H3,(H,19,25)(H,23,24). The zero-order valence-electron chi connectivity index (χ0n) is 16.7. The molecule has 0 spiro atoms. The summed E-state index contributed by atoms with van der Waals surface area (Å²) in [5, 5.41) is 41.1. The molecule has 0 aliphatic rings. The molecule has 0 aliphatic carbocycles. The van der Waals surface area contributed by atoms with Gasteiger partial charge in [0.2, 0.25) is 0 Å². The van der Waals surface area contributed by atoms with E-state index in [1.807, 2.05) is 5.32 Å². The van der Waals surface area contributed by atoms with Crippen LogP contribution in [0.5, 0.6) is 0 Å². The Bertz CT molecular complexity index is 438. The average Bonchev–Trinajstić information content (AvgIpc) is 2.55. The molecule has 0 heterocycles. The van der Waals surface area contributed by atoms with Crippen molar-refractivity contribution in [1.82, 2.24) is 5.32 Å². The van der Waals surface area contributed by atoms with Crippen molar-refractivity contribution in [2.24, 2.45) is 0 Å². The molecule has 0 saturated heterocycles. The third-order valence-corrected chi connectivity index (χ3v) is 3.70. The zero-order chi connectivity index (χ0) is 21.0. The highest BCUT2D eigenvalue weighted by Crippen LogP contribution is 2.10. The largest absolute Gasteiger partial charge is 0.480 e. The molecule has 9 heteroatoms. The lowest BCUT2D eigenvalue weighted by molar-refractivity contribution is -0.149. The first-order valence-electron chi connectivity index (χ1n) is 9.33. The minimum absolute atomic E-state index is 0.259. The van der Waals surface area contributed by atoms with E-state index in [1.165, 1.54) is 0 Å². The summed E-state index contributed by atoms with van der Waals surface area (Å²) in [6, 6.07) is -1.85. The number of aliphatic carboxylic acids is 1. The Labute approximate surface area is 160 Å². The number of carboxylic acids is 1. The van der Waals surface area contributed by atoms with Gasteiger partial charge < -0.3 is 35.2 Å². The highest BCUT2D eigenvalue weighted by molar-refractivity contribution is 5.80. The maximum atomic E-state index is 11.7.